The van der Waals surface area contributed by atoms with Crippen LogP contribution in [0, 0.1) is 0 Å². The molecule has 2 aliphatic rings. The molecule has 156 valence electrons. The van der Waals surface area contributed by atoms with Gasteiger partial charge in [-0.15, -0.1) is 0 Å². The quantitative estimate of drug-likeness (QED) is 0.689. The van der Waals surface area contributed by atoms with Crippen molar-refractivity contribution in [3.63, 3.8) is 0 Å². The van der Waals surface area contributed by atoms with E-state index in [2.05, 4.69) is 33.9 Å². The molecule has 2 fully saturated rings. The number of hydrogen-bond acceptors (Lipinski definition) is 5. The highest BCUT2D eigenvalue weighted by atomic mass is 28.4. The molecule has 0 saturated carbocycles. The summed E-state index contributed by atoms with van der Waals surface area (Å²) in [6.07, 6.45) is 0.602. The van der Waals surface area contributed by atoms with E-state index in [1.165, 1.54) is 4.90 Å². The highest BCUT2D eigenvalue weighted by molar-refractivity contribution is 6.74. The molecule has 0 aliphatic carbocycles. The van der Waals surface area contributed by atoms with Crippen molar-refractivity contribution in [1.82, 2.24) is 4.90 Å². The third-order valence-corrected chi connectivity index (χ3v) is 10.4. The van der Waals surface area contributed by atoms with Crippen LogP contribution in [-0.2, 0) is 23.5 Å². The molecule has 0 aromatic carbocycles. The largest absolute Gasteiger partial charge is 0.480 e. The third kappa shape index (κ3) is 5.31. The lowest BCUT2D eigenvalue weighted by Gasteiger charge is -2.40. The van der Waals surface area contributed by atoms with Gasteiger partial charge in [-0.2, -0.15) is 0 Å². The van der Waals surface area contributed by atoms with Gasteiger partial charge in [0.05, 0.1) is 12.7 Å². The molecule has 0 spiro atoms. The van der Waals surface area contributed by atoms with Crippen molar-refractivity contribution in [3.05, 3.63) is 0 Å². The van der Waals surface area contributed by atoms with Crippen molar-refractivity contribution in [1.29, 1.82) is 0 Å². The Hall–Kier alpha value is -0.963. The number of carbonyl (C=O) groups is 2. The molecule has 8 heteroatoms. The number of carboxylic acids is 1. The summed E-state index contributed by atoms with van der Waals surface area (Å²) in [6, 6.07) is -0.764. The second-order valence-electron chi connectivity index (χ2n) is 9.58. The molecule has 0 radical (unpaired) electrons. The number of nitrogens with zero attached hydrogens (tertiary/aromatic N) is 1. The first-order valence-electron chi connectivity index (χ1n) is 9.76. The highest BCUT2D eigenvalue weighted by Crippen LogP contribution is 2.39. The summed E-state index contributed by atoms with van der Waals surface area (Å²) in [6.45, 7) is 15.1. The zero-order valence-electron chi connectivity index (χ0n) is 17.7. The molecular weight excluding hydrogens is 366 g/mol. The van der Waals surface area contributed by atoms with E-state index in [9.17, 15) is 14.7 Å². The number of likely N-dealkylation sites (tertiary alicyclic amines) is 1. The van der Waals surface area contributed by atoms with Crippen LogP contribution in [0.25, 0.3) is 0 Å². The maximum absolute atomic E-state index is 13.3. The van der Waals surface area contributed by atoms with Crippen LogP contribution in [0.2, 0.25) is 18.1 Å². The molecule has 2 rings (SSSR count). The Morgan fingerprint density at radius 1 is 1.33 bits per heavy atom. The number of carbonyl (C=O) groups excluding carboxylic acids is 1. The highest BCUT2D eigenvalue weighted by Gasteiger charge is 2.45. The molecule has 27 heavy (non-hydrogen) atoms. The Labute approximate surface area is 163 Å². The second-order valence-corrected chi connectivity index (χ2v) is 14.3. The summed E-state index contributed by atoms with van der Waals surface area (Å²) in [5.41, 5.74) is 0. The minimum Gasteiger partial charge on any atom is -0.480 e. The van der Waals surface area contributed by atoms with Gasteiger partial charge in [0.1, 0.15) is 12.1 Å². The number of hydrogen-bond donors (Lipinski definition) is 1. The van der Waals surface area contributed by atoms with Gasteiger partial charge in [0.25, 0.3) is 5.91 Å². The van der Waals surface area contributed by atoms with Crippen LogP contribution in [0.3, 0.4) is 0 Å². The Morgan fingerprint density at radius 2 is 1.96 bits per heavy atom. The summed E-state index contributed by atoms with van der Waals surface area (Å²) in [5.74, 6) is -1.86. The topological polar surface area (TPSA) is 85.3 Å². The van der Waals surface area contributed by atoms with E-state index in [4.69, 9.17) is 13.9 Å². The Kier molecular flexibility index (Phi) is 6.46. The minimum atomic E-state index is -2.23. The molecule has 1 amide bonds. The van der Waals surface area contributed by atoms with E-state index in [1.807, 2.05) is 13.8 Å². The van der Waals surface area contributed by atoms with Gasteiger partial charge in [-0.1, -0.05) is 20.8 Å². The molecule has 2 aliphatic heterocycles. The lowest BCUT2D eigenvalue weighted by molar-refractivity contribution is -0.155. The lowest BCUT2D eigenvalue weighted by Crippen LogP contribution is -2.52. The number of rotatable bonds is 6. The van der Waals surface area contributed by atoms with E-state index in [0.717, 1.165) is 0 Å². The first kappa shape index (κ1) is 22.3. The predicted octanol–water partition coefficient (Wildman–Crippen LogP) is 2.99. The van der Waals surface area contributed by atoms with E-state index in [0.29, 0.717) is 32.4 Å². The van der Waals surface area contributed by atoms with Crippen molar-refractivity contribution >= 4 is 20.2 Å². The number of amides is 1. The average Bonchev–Trinajstić information content (AvgIpc) is 3.11. The molecule has 1 N–H and O–H groups in total. The van der Waals surface area contributed by atoms with Crippen LogP contribution in [0.15, 0.2) is 0 Å². The normalized spacial score (nSPS) is 27.0. The summed E-state index contributed by atoms with van der Waals surface area (Å²) in [5, 5.41) is 9.40. The molecule has 2 heterocycles. The first-order chi connectivity index (χ1) is 12.2. The standard InChI is InChI=1S/C19H35NO6Si/c1-18(2,3)27(6,7)26-15(11-13-12-24-19(4,5)25-13)16(21)20-10-8-9-14(20)17(22)23/h13-15H,8-12H2,1-7H3,(H,22,23)/t13?,14-,15?/m0/s1. The Balaban J connectivity index is 2.21. The van der Waals surface area contributed by atoms with Crippen LogP contribution in [-0.4, -0.2) is 67.4 Å². The molecule has 0 aromatic rings. The maximum Gasteiger partial charge on any atom is 0.326 e. The van der Waals surface area contributed by atoms with Gasteiger partial charge in [-0.05, 0) is 44.8 Å². The van der Waals surface area contributed by atoms with Crippen molar-refractivity contribution in [2.24, 2.45) is 0 Å². The Bertz CT molecular complexity index is 571. The van der Waals surface area contributed by atoms with Gasteiger partial charge < -0.3 is 23.9 Å². The molecular formula is C19H35NO6Si. The van der Waals surface area contributed by atoms with Crippen LogP contribution in [0.5, 0.6) is 0 Å². The Morgan fingerprint density at radius 3 is 2.44 bits per heavy atom. The zero-order valence-corrected chi connectivity index (χ0v) is 18.7. The smallest absolute Gasteiger partial charge is 0.326 e. The fourth-order valence-corrected chi connectivity index (χ4v) is 4.58. The van der Waals surface area contributed by atoms with Gasteiger partial charge in [-0.3, -0.25) is 4.79 Å². The molecule has 7 nitrogen and oxygen atoms in total. The summed E-state index contributed by atoms with van der Waals surface area (Å²) in [7, 11) is -2.23. The monoisotopic (exact) mass is 401 g/mol. The van der Waals surface area contributed by atoms with Gasteiger partial charge in [0, 0.05) is 13.0 Å². The number of aliphatic carboxylic acids is 1. The van der Waals surface area contributed by atoms with Crippen LogP contribution in [0.4, 0.5) is 0 Å². The van der Waals surface area contributed by atoms with Gasteiger partial charge >= 0.3 is 5.97 Å². The van der Waals surface area contributed by atoms with E-state index >= 15 is 0 Å². The van der Waals surface area contributed by atoms with Crippen LogP contribution in [0.1, 0.15) is 53.9 Å². The summed E-state index contributed by atoms with van der Waals surface area (Å²) >= 11 is 0. The van der Waals surface area contributed by atoms with Gasteiger partial charge in [0.15, 0.2) is 14.1 Å². The number of carboxylic acid groups (broad SMARTS) is 1. The summed E-state index contributed by atoms with van der Waals surface area (Å²) < 4.78 is 18.0. The van der Waals surface area contributed by atoms with E-state index in [1.54, 1.807) is 0 Å². The van der Waals surface area contributed by atoms with Gasteiger partial charge in [-0.25, -0.2) is 4.79 Å². The van der Waals surface area contributed by atoms with Crippen molar-refractivity contribution in [2.45, 2.75) is 96.1 Å². The van der Waals surface area contributed by atoms with Gasteiger partial charge in [0.2, 0.25) is 0 Å². The SMILES string of the molecule is CC1(C)OCC(CC(O[Si](C)(C)C(C)(C)C)C(=O)N2CCC[C@H]2C(=O)O)O1. The molecule has 2 unspecified atom stereocenters. The number of ether oxygens (including phenoxy) is 2. The first-order valence-corrected chi connectivity index (χ1v) is 12.7. The van der Waals surface area contributed by atoms with E-state index < -0.39 is 32.2 Å². The van der Waals surface area contributed by atoms with Crippen molar-refractivity contribution < 1.29 is 28.6 Å². The predicted molar refractivity (Wildman–Crippen MR) is 104 cm³/mol. The maximum atomic E-state index is 13.3. The molecule has 0 aromatic heterocycles. The molecule has 2 saturated heterocycles. The lowest BCUT2D eigenvalue weighted by atomic mass is 10.1. The minimum absolute atomic E-state index is 0.0605. The fraction of sp³-hybridized carbons (Fsp3) is 0.895. The van der Waals surface area contributed by atoms with Crippen LogP contribution >= 0.6 is 0 Å². The average molecular weight is 402 g/mol. The molecule has 0 bridgehead atoms. The third-order valence-electron chi connectivity index (χ3n) is 5.88. The second kappa shape index (κ2) is 7.81. The molecule has 3 atom stereocenters. The van der Waals surface area contributed by atoms with E-state index in [-0.39, 0.29) is 17.0 Å². The zero-order chi connectivity index (χ0) is 20.6. The summed E-state index contributed by atoms with van der Waals surface area (Å²) in [4.78, 5) is 26.3. The van der Waals surface area contributed by atoms with Crippen molar-refractivity contribution in [3.8, 4) is 0 Å². The van der Waals surface area contributed by atoms with Crippen molar-refractivity contribution in [2.75, 3.05) is 13.2 Å². The fourth-order valence-electron chi connectivity index (χ4n) is 3.32. The van der Waals surface area contributed by atoms with Crippen LogP contribution < -0.4 is 0 Å².